The number of imidazole rings is 1. The highest BCUT2D eigenvalue weighted by molar-refractivity contribution is 6.35. The second kappa shape index (κ2) is 6.62. The van der Waals surface area contributed by atoms with Gasteiger partial charge in [-0.05, 0) is 54.6 Å². The van der Waals surface area contributed by atoms with Gasteiger partial charge in [0.05, 0.1) is 34.0 Å². The van der Waals surface area contributed by atoms with E-state index in [1.165, 1.54) is 0 Å². The standard InChI is InChI=1S/C23H13ClN4O/c24-20-12-17-10-15(13-25)11-19(22(17)28-8-1-2-21(20)28)23(29)16-3-5-18(6-4-16)27-9-7-26-14-27/h1-12,14H. The van der Waals surface area contributed by atoms with Gasteiger partial charge in [-0.3, -0.25) is 4.79 Å². The van der Waals surface area contributed by atoms with Crippen molar-refractivity contribution in [2.75, 3.05) is 0 Å². The predicted octanol–water partition coefficient (Wildman–Crippen LogP) is 5.03. The number of hydrogen-bond acceptors (Lipinski definition) is 3. The molecular formula is C23H13ClN4O. The average Bonchev–Trinajstić information content (AvgIpc) is 3.45. The van der Waals surface area contributed by atoms with Crippen molar-refractivity contribution in [3.05, 3.63) is 101 Å². The molecule has 0 unspecified atom stereocenters. The Balaban J connectivity index is 1.70. The lowest BCUT2D eigenvalue weighted by Crippen LogP contribution is -2.06. The molecule has 2 aromatic carbocycles. The minimum Gasteiger partial charge on any atom is -0.314 e. The molecule has 0 aliphatic carbocycles. The lowest BCUT2D eigenvalue weighted by molar-refractivity contribution is 0.104. The van der Waals surface area contributed by atoms with Crippen LogP contribution in [-0.2, 0) is 0 Å². The van der Waals surface area contributed by atoms with Crippen molar-refractivity contribution >= 4 is 33.8 Å². The Morgan fingerprint density at radius 1 is 1.07 bits per heavy atom. The van der Waals surface area contributed by atoms with E-state index in [0.717, 1.165) is 22.1 Å². The molecule has 29 heavy (non-hydrogen) atoms. The van der Waals surface area contributed by atoms with E-state index in [1.54, 1.807) is 42.9 Å². The monoisotopic (exact) mass is 396 g/mol. The summed E-state index contributed by atoms with van der Waals surface area (Å²) in [6, 6.07) is 18.4. The zero-order chi connectivity index (χ0) is 20.0. The topological polar surface area (TPSA) is 63.1 Å². The number of carbonyl (C=O) groups excluding carboxylic acids is 1. The van der Waals surface area contributed by atoms with Crippen LogP contribution in [0.15, 0.2) is 79.5 Å². The maximum Gasteiger partial charge on any atom is 0.195 e. The molecule has 5 rings (SSSR count). The van der Waals surface area contributed by atoms with Gasteiger partial charge in [-0.15, -0.1) is 0 Å². The molecule has 5 nitrogen and oxygen atoms in total. The van der Waals surface area contributed by atoms with Crippen molar-refractivity contribution in [2.24, 2.45) is 0 Å². The summed E-state index contributed by atoms with van der Waals surface area (Å²) in [4.78, 5) is 17.4. The number of halogens is 1. The minimum absolute atomic E-state index is 0.151. The van der Waals surface area contributed by atoms with Crippen molar-refractivity contribution in [3.63, 3.8) is 0 Å². The van der Waals surface area contributed by atoms with Gasteiger partial charge < -0.3 is 8.97 Å². The summed E-state index contributed by atoms with van der Waals surface area (Å²) >= 11 is 6.39. The number of fused-ring (bicyclic) bond motifs is 3. The summed E-state index contributed by atoms with van der Waals surface area (Å²) in [5, 5.41) is 10.8. The molecule has 0 atom stereocenters. The molecule has 6 heteroatoms. The summed E-state index contributed by atoms with van der Waals surface area (Å²) in [6.07, 6.45) is 7.11. The predicted molar refractivity (Wildman–Crippen MR) is 112 cm³/mol. The second-order valence-electron chi connectivity index (χ2n) is 6.68. The van der Waals surface area contributed by atoms with Gasteiger partial charge in [-0.1, -0.05) is 11.6 Å². The minimum atomic E-state index is -0.151. The molecule has 0 spiro atoms. The molecular weight excluding hydrogens is 384 g/mol. The molecule has 0 aliphatic rings. The van der Waals surface area contributed by atoms with Crippen LogP contribution in [0.5, 0.6) is 0 Å². The van der Waals surface area contributed by atoms with Crippen LogP contribution in [0.4, 0.5) is 0 Å². The largest absolute Gasteiger partial charge is 0.314 e. The molecule has 0 radical (unpaired) electrons. The summed E-state index contributed by atoms with van der Waals surface area (Å²) in [6.45, 7) is 0. The molecule has 0 fully saturated rings. The molecule has 5 aromatic rings. The molecule has 3 aromatic heterocycles. The highest BCUT2D eigenvalue weighted by Gasteiger charge is 2.18. The Bertz CT molecular complexity index is 1420. The van der Waals surface area contributed by atoms with Crippen molar-refractivity contribution in [1.82, 2.24) is 14.0 Å². The summed E-state index contributed by atoms with van der Waals surface area (Å²) < 4.78 is 3.76. The molecule has 0 aliphatic heterocycles. The maximum atomic E-state index is 13.4. The van der Waals surface area contributed by atoms with Crippen LogP contribution in [-0.4, -0.2) is 19.7 Å². The first-order chi connectivity index (χ1) is 14.2. The highest BCUT2D eigenvalue weighted by atomic mass is 35.5. The number of benzene rings is 2. The fourth-order valence-corrected chi connectivity index (χ4v) is 3.88. The third kappa shape index (κ3) is 2.78. The quantitative estimate of drug-likeness (QED) is 0.401. The second-order valence-corrected chi connectivity index (χ2v) is 7.08. The first kappa shape index (κ1) is 17.2. The summed E-state index contributed by atoms with van der Waals surface area (Å²) in [7, 11) is 0. The molecule has 138 valence electrons. The van der Waals surface area contributed by atoms with Gasteiger partial charge in [0.2, 0.25) is 0 Å². The normalized spacial score (nSPS) is 11.0. The lowest BCUT2D eigenvalue weighted by Gasteiger charge is -2.12. The number of ketones is 1. The lowest BCUT2D eigenvalue weighted by atomic mass is 9.97. The number of nitrogens with zero attached hydrogens (tertiary/aromatic N) is 4. The Morgan fingerprint density at radius 2 is 1.90 bits per heavy atom. The van der Waals surface area contributed by atoms with E-state index in [9.17, 15) is 10.1 Å². The molecule has 0 saturated carbocycles. The van der Waals surface area contributed by atoms with Crippen LogP contribution < -0.4 is 0 Å². The fourth-order valence-electron chi connectivity index (χ4n) is 3.61. The number of aromatic nitrogens is 3. The van der Waals surface area contributed by atoms with E-state index in [4.69, 9.17) is 11.6 Å². The molecule has 3 heterocycles. The average molecular weight is 397 g/mol. The number of carbonyl (C=O) groups is 1. The van der Waals surface area contributed by atoms with E-state index in [2.05, 4.69) is 11.1 Å². The SMILES string of the molecule is N#Cc1cc(C(=O)c2ccc(-n3ccnc3)cc2)c2c(c1)cc(Cl)c1cccn12. The van der Waals surface area contributed by atoms with Crippen LogP contribution in [0.25, 0.3) is 22.1 Å². The Hall–Kier alpha value is -3.88. The van der Waals surface area contributed by atoms with Gasteiger partial charge >= 0.3 is 0 Å². The van der Waals surface area contributed by atoms with E-state index < -0.39 is 0 Å². The van der Waals surface area contributed by atoms with Crippen molar-refractivity contribution in [2.45, 2.75) is 0 Å². The van der Waals surface area contributed by atoms with Crippen LogP contribution in [0.3, 0.4) is 0 Å². The Morgan fingerprint density at radius 3 is 2.62 bits per heavy atom. The van der Waals surface area contributed by atoms with Crippen LogP contribution >= 0.6 is 11.6 Å². The number of pyridine rings is 1. The molecule has 0 saturated heterocycles. The molecule has 0 bridgehead atoms. The van der Waals surface area contributed by atoms with Gasteiger partial charge in [-0.25, -0.2) is 4.98 Å². The van der Waals surface area contributed by atoms with Gasteiger partial charge in [0.15, 0.2) is 5.78 Å². The third-order valence-corrected chi connectivity index (χ3v) is 5.26. The third-order valence-electron chi connectivity index (χ3n) is 4.96. The van der Waals surface area contributed by atoms with Crippen molar-refractivity contribution in [1.29, 1.82) is 5.26 Å². The smallest absolute Gasteiger partial charge is 0.195 e. The number of rotatable bonds is 3. The summed E-state index contributed by atoms with van der Waals surface area (Å²) in [5.41, 5.74) is 3.88. The zero-order valence-electron chi connectivity index (χ0n) is 15.1. The molecule has 0 amide bonds. The van der Waals surface area contributed by atoms with E-state index in [1.807, 2.05) is 45.6 Å². The maximum absolute atomic E-state index is 13.4. The van der Waals surface area contributed by atoms with Crippen LogP contribution in [0, 0.1) is 11.3 Å². The first-order valence-corrected chi connectivity index (χ1v) is 9.30. The van der Waals surface area contributed by atoms with Gasteiger partial charge in [0.1, 0.15) is 0 Å². The molecule has 0 N–H and O–H groups in total. The van der Waals surface area contributed by atoms with E-state index >= 15 is 0 Å². The zero-order valence-corrected chi connectivity index (χ0v) is 15.8. The fraction of sp³-hybridized carbons (Fsp3) is 0. The first-order valence-electron chi connectivity index (χ1n) is 8.92. The number of nitriles is 1. The van der Waals surface area contributed by atoms with Crippen molar-refractivity contribution < 1.29 is 4.79 Å². The van der Waals surface area contributed by atoms with Crippen LogP contribution in [0.1, 0.15) is 21.5 Å². The Labute approximate surface area is 171 Å². The Kier molecular flexibility index (Phi) is 3.94. The number of hydrogen-bond donors (Lipinski definition) is 0. The van der Waals surface area contributed by atoms with Crippen molar-refractivity contribution in [3.8, 4) is 11.8 Å². The van der Waals surface area contributed by atoms with Gasteiger partial charge in [0.25, 0.3) is 0 Å². The van der Waals surface area contributed by atoms with Crippen LogP contribution in [0.2, 0.25) is 5.02 Å². The van der Waals surface area contributed by atoms with E-state index in [0.29, 0.717) is 21.7 Å². The van der Waals surface area contributed by atoms with E-state index in [-0.39, 0.29) is 5.78 Å². The van der Waals surface area contributed by atoms with Gasteiger partial charge in [0, 0.05) is 40.8 Å². The summed E-state index contributed by atoms with van der Waals surface area (Å²) in [5.74, 6) is -0.151. The van der Waals surface area contributed by atoms with Gasteiger partial charge in [-0.2, -0.15) is 5.26 Å². The highest BCUT2D eigenvalue weighted by Crippen LogP contribution is 2.30.